The summed E-state index contributed by atoms with van der Waals surface area (Å²) in [5.74, 6) is -4.79. The zero-order valence-corrected chi connectivity index (χ0v) is 9.51. The summed E-state index contributed by atoms with van der Waals surface area (Å²) in [6.45, 7) is 2.71. The Bertz CT molecular complexity index is 408. The van der Waals surface area contributed by atoms with Crippen LogP contribution in [0.1, 0.15) is 13.8 Å². The molecular weight excluding hydrogens is 224 g/mol. The van der Waals surface area contributed by atoms with Crippen LogP contribution >= 0.6 is 0 Å². The fourth-order valence-corrected chi connectivity index (χ4v) is 2.52. The van der Waals surface area contributed by atoms with Crippen molar-refractivity contribution in [3.63, 3.8) is 0 Å². The molecule has 0 radical (unpaired) electrons. The van der Waals surface area contributed by atoms with Crippen LogP contribution in [-0.4, -0.2) is 23.5 Å². The fraction of sp³-hybridized carbons (Fsp3) is 0.500. The van der Waals surface area contributed by atoms with Gasteiger partial charge in [-0.25, -0.2) is 0 Å². The van der Waals surface area contributed by atoms with Crippen LogP contribution in [0.15, 0.2) is 12.2 Å². The van der Waals surface area contributed by atoms with Crippen LogP contribution in [0.25, 0.3) is 0 Å². The van der Waals surface area contributed by atoms with E-state index in [-0.39, 0.29) is 11.6 Å². The highest BCUT2D eigenvalue weighted by Crippen LogP contribution is 2.41. The summed E-state index contributed by atoms with van der Waals surface area (Å²) in [7, 11) is 0. The second-order valence-electron chi connectivity index (χ2n) is 4.45. The normalized spacial score (nSPS) is 35.4. The molecule has 2 rings (SSSR count). The van der Waals surface area contributed by atoms with E-state index in [1.54, 1.807) is 0 Å². The number of ether oxygens (including phenoxy) is 1. The summed E-state index contributed by atoms with van der Waals surface area (Å²) in [6.07, 6.45) is 3.07. The Morgan fingerprint density at radius 3 is 1.59 bits per heavy atom. The molecule has 0 aromatic heterocycles. The van der Waals surface area contributed by atoms with Crippen LogP contribution in [0, 0.1) is 23.7 Å². The standard InChI is InChI=1S/C12H12O5/c1-5(13)7-3-4-8(6(2)14)10-9(7)11(15)17-12(10)16/h3-4,7-10H,1-2H3. The van der Waals surface area contributed by atoms with Crippen LogP contribution in [0.5, 0.6) is 0 Å². The topological polar surface area (TPSA) is 77.5 Å². The predicted molar refractivity (Wildman–Crippen MR) is 55.6 cm³/mol. The number of rotatable bonds is 2. The summed E-state index contributed by atoms with van der Waals surface area (Å²) < 4.78 is 4.55. The number of cyclic esters (lactones) is 2. The van der Waals surface area contributed by atoms with Crippen molar-refractivity contribution in [1.82, 2.24) is 0 Å². The van der Waals surface area contributed by atoms with Gasteiger partial charge in [0.05, 0.1) is 11.8 Å². The second-order valence-corrected chi connectivity index (χ2v) is 4.45. The van der Waals surface area contributed by atoms with Gasteiger partial charge in [-0.05, 0) is 13.8 Å². The quantitative estimate of drug-likeness (QED) is 0.391. The molecule has 90 valence electrons. The third kappa shape index (κ3) is 1.71. The maximum absolute atomic E-state index is 11.6. The molecule has 0 saturated carbocycles. The minimum atomic E-state index is -0.834. The molecule has 0 aromatic rings. The van der Waals surface area contributed by atoms with Crippen LogP contribution in [-0.2, 0) is 23.9 Å². The number of carbonyl (C=O) groups is 4. The van der Waals surface area contributed by atoms with Crippen molar-refractivity contribution in [1.29, 1.82) is 0 Å². The van der Waals surface area contributed by atoms with Gasteiger partial charge < -0.3 is 4.74 Å². The van der Waals surface area contributed by atoms with Gasteiger partial charge in [-0.15, -0.1) is 0 Å². The Kier molecular flexibility index (Phi) is 2.69. The average Bonchev–Trinajstić information content (AvgIpc) is 2.54. The first-order chi connectivity index (χ1) is 7.93. The first kappa shape index (κ1) is 11.7. The fourth-order valence-electron chi connectivity index (χ4n) is 2.52. The highest BCUT2D eigenvalue weighted by Gasteiger charge is 2.54. The average molecular weight is 236 g/mol. The number of hydrogen-bond acceptors (Lipinski definition) is 5. The third-order valence-electron chi connectivity index (χ3n) is 3.37. The molecule has 4 unspecified atom stereocenters. The molecule has 1 fully saturated rings. The first-order valence-corrected chi connectivity index (χ1v) is 5.38. The Morgan fingerprint density at radius 1 is 0.941 bits per heavy atom. The van der Waals surface area contributed by atoms with E-state index in [2.05, 4.69) is 4.74 Å². The van der Waals surface area contributed by atoms with E-state index in [1.807, 2.05) is 0 Å². The Balaban J connectivity index is 2.45. The molecule has 5 nitrogen and oxygen atoms in total. The van der Waals surface area contributed by atoms with E-state index in [9.17, 15) is 19.2 Å². The van der Waals surface area contributed by atoms with Crippen molar-refractivity contribution in [2.45, 2.75) is 13.8 Å². The molecule has 5 heteroatoms. The summed E-state index contributed by atoms with van der Waals surface area (Å²) in [5.41, 5.74) is 0. The van der Waals surface area contributed by atoms with Gasteiger partial charge in [-0.3, -0.25) is 19.2 Å². The van der Waals surface area contributed by atoms with E-state index in [4.69, 9.17) is 0 Å². The Morgan fingerprint density at radius 2 is 1.29 bits per heavy atom. The van der Waals surface area contributed by atoms with Crippen LogP contribution in [0.4, 0.5) is 0 Å². The molecule has 0 spiro atoms. The van der Waals surface area contributed by atoms with E-state index in [0.29, 0.717) is 0 Å². The smallest absolute Gasteiger partial charge is 0.318 e. The molecule has 2 aliphatic rings. The van der Waals surface area contributed by atoms with Gasteiger partial charge >= 0.3 is 11.9 Å². The lowest BCUT2D eigenvalue weighted by Crippen LogP contribution is -2.38. The second kappa shape index (κ2) is 3.91. The largest absolute Gasteiger partial charge is 0.393 e. The van der Waals surface area contributed by atoms with Crippen molar-refractivity contribution in [2.24, 2.45) is 23.7 Å². The van der Waals surface area contributed by atoms with Gasteiger partial charge in [-0.1, -0.05) is 12.2 Å². The van der Waals surface area contributed by atoms with Crippen molar-refractivity contribution in [3.8, 4) is 0 Å². The van der Waals surface area contributed by atoms with Crippen LogP contribution < -0.4 is 0 Å². The lowest BCUT2D eigenvalue weighted by Gasteiger charge is -2.27. The number of Topliss-reactive ketones (excluding diaryl/α,β-unsaturated/α-hetero) is 2. The van der Waals surface area contributed by atoms with Gasteiger partial charge in [0.15, 0.2) is 0 Å². The molecule has 1 aliphatic carbocycles. The molecule has 0 amide bonds. The van der Waals surface area contributed by atoms with Gasteiger partial charge in [0, 0.05) is 11.8 Å². The number of carbonyl (C=O) groups excluding carboxylic acids is 4. The molecule has 0 aromatic carbocycles. The lowest BCUT2D eigenvalue weighted by atomic mass is 9.69. The third-order valence-corrected chi connectivity index (χ3v) is 3.37. The molecule has 1 aliphatic heterocycles. The Labute approximate surface area is 97.8 Å². The van der Waals surface area contributed by atoms with Gasteiger partial charge in [0.1, 0.15) is 11.6 Å². The maximum atomic E-state index is 11.6. The lowest BCUT2D eigenvalue weighted by molar-refractivity contribution is -0.155. The highest BCUT2D eigenvalue weighted by atomic mass is 16.6. The SMILES string of the molecule is CC(=O)C1C=CC(C(C)=O)C2C(=O)OC(=O)C12. The minimum absolute atomic E-state index is 0.204. The van der Waals surface area contributed by atoms with Crippen LogP contribution in [0.2, 0.25) is 0 Å². The minimum Gasteiger partial charge on any atom is -0.393 e. The van der Waals surface area contributed by atoms with Crippen LogP contribution in [0.3, 0.4) is 0 Å². The highest BCUT2D eigenvalue weighted by molar-refractivity contribution is 6.03. The summed E-state index contributed by atoms with van der Waals surface area (Å²) >= 11 is 0. The van der Waals surface area contributed by atoms with Crippen molar-refractivity contribution in [2.75, 3.05) is 0 Å². The zero-order chi connectivity index (χ0) is 12.7. The first-order valence-electron chi connectivity index (χ1n) is 5.38. The molecule has 0 bridgehead atoms. The van der Waals surface area contributed by atoms with Crippen molar-refractivity contribution >= 4 is 23.5 Å². The number of allylic oxidation sites excluding steroid dienone is 2. The zero-order valence-electron chi connectivity index (χ0n) is 9.51. The van der Waals surface area contributed by atoms with E-state index >= 15 is 0 Å². The monoisotopic (exact) mass is 236 g/mol. The van der Waals surface area contributed by atoms with Gasteiger partial charge in [-0.2, -0.15) is 0 Å². The predicted octanol–water partition coefficient (Wildman–Crippen LogP) is 0.282. The van der Waals surface area contributed by atoms with E-state index < -0.39 is 35.6 Å². The number of ketones is 2. The molecular formula is C12H12O5. The summed E-state index contributed by atoms with van der Waals surface area (Å²) in [5, 5.41) is 0. The van der Waals surface area contributed by atoms with E-state index in [0.717, 1.165) is 0 Å². The van der Waals surface area contributed by atoms with Crippen molar-refractivity contribution < 1.29 is 23.9 Å². The summed E-state index contributed by atoms with van der Waals surface area (Å²) in [4.78, 5) is 46.0. The molecule has 1 saturated heterocycles. The molecule has 17 heavy (non-hydrogen) atoms. The maximum Gasteiger partial charge on any atom is 0.318 e. The van der Waals surface area contributed by atoms with E-state index in [1.165, 1.54) is 26.0 Å². The van der Waals surface area contributed by atoms with Gasteiger partial charge in [0.25, 0.3) is 0 Å². The number of hydrogen-bond donors (Lipinski definition) is 0. The van der Waals surface area contributed by atoms with Gasteiger partial charge in [0.2, 0.25) is 0 Å². The molecule has 0 N–H and O–H groups in total. The molecule has 1 heterocycles. The number of esters is 2. The van der Waals surface area contributed by atoms with Crippen molar-refractivity contribution in [3.05, 3.63) is 12.2 Å². The number of fused-ring (bicyclic) bond motifs is 1. The summed E-state index contributed by atoms with van der Waals surface area (Å²) in [6, 6.07) is 0. The Hall–Kier alpha value is -1.78. The molecule has 4 atom stereocenters.